The average molecular weight is 399 g/mol. The van der Waals surface area contributed by atoms with E-state index in [0.717, 1.165) is 16.6 Å². The second-order valence-corrected chi connectivity index (χ2v) is 6.56. The number of aromatic nitrogens is 4. The molecule has 2 aromatic carbocycles. The molecule has 0 atom stereocenters. The summed E-state index contributed by atoms with van der Waals surface area (Å²) in [5.41, 5.74) is 2.55. The van der Waals surface area contributed by atoms with Gasteiger partial charge in [0, 0.05) is 35.6 Å². The molecule has 4 aromatic rings. The highest BCUT2D eigenvalue weighted by Gasteiger charge is 2.10. The number of rotatable bonds is 6. The van der Waals surface area contributed by atoms with Gasteiger partial charge in [-0.25, -0.2) is 14.8 Å². The van der Waals surface area contributed by atoms with Gasteiger partial charge in [0.15, 0.2) is 0 Å². The van der Waals surface area contributed by atoms with Crippen LogP contribution in [0.25, 0.3) is 16.6 Å². The van der Waals surface area contributed by atoms with Gasteiger partial charge in [0.2, 0.25) is 0 Å². The van der Waals surface area contributed by atoms with Crippen molar-refractivity contribution in [1.82, 2.24) is 19.1 Å². The Morgan fingerprint density at radius 3 is 2.83 bits per heavy atom. The van der Waals surface area contributed by atoms with E-state index < -0.39 is 5.97 Å². The molecule has 8 heteroatoms. The molecule has 148 valence electrons. The van der Waals surface area contributed by atoms with Gasteiger partial charge in [-0.2, -0.15) is 0 Å². The summed E-state index contributed by atoms with van der Waals surface area (Å²) in [5, 5.41) is 12.8. The van der Waals surface area contributed by atoms with Crippen LogP contribution in [0.3, 0.4) is 0 Å². The van der Waals surface area contributed by atoms with E-state index in [-0.39, 0.29) is 18.7 Å². The molecule has 2 heterocycles. The molecular weight excluding hydrogens is 382 g/mol. The van der Waals surface area contributed by atoms with Gasteiger partial charge < -0.3 is 10.4 Å². The summed E-state index contributed by atoms with van der Waals surface area (Å²) < 4.78 is 2.82. The molecule has 0 saturated carbocycles. The number of imidazole rings is 1. The maximum absolute atomic E-state index is 12.6. The van der Waals surface area contributed by atoms with Crippen molar-refractivity contribution in [2.75, 3.05) is 5.32 Å². The minimum atomic E-state index is -0.956. The smallest absolute Gasteiger partial charge is 0.332 e. The van der Waals surface area contributed by atoms with E-state index in [4.69, 9.17) is 11.5 Å². The zero-order valence-corrected chi connectivity index (χ0v) is 15.8. The Kier molecular flexibility index (Phi) is 5.01. The summed E-state index contributed by atoms with van der Waals surface area (Å²) in [7, 11) is 0. The van der Waals surface area contributed by atoms with Crippen molar-refractivity contribution in [1.29, 1.82) is 0 Å². The van der Waals surface area contributed by atoms with Crippen molar-refractivity contribution in [2.24, 2.45) is 0 Å². The van der Waals surface area contributed by atoms with Crippen molar-refractivity contribution in [3.8, 4) is 18.0 Å². The highest BCUT2D eigenvalue weighted by atomic mass is 16.4. The third kappa shape index (κ3) is 3.77. The van der Waals surface area contributed by atoms with Crippen LogP contribution in [0.5, 0.6) is 0 Å². The standard InChI is InChI=1S/C22H17N5O3/c1-2-15-4-3-5-16(12-15)25-21-18-13-17(6-7-19(18)23-14-24-21)27-11-10-26(22(27)30)9-8-20(28)29/h1,3-7,10-14H,8-9H2,(H,28,29)(H,23,24,25). The molecule has 0 fully saturated rings. The van der Waals surface area contributed by atoms with Crippen LogP contribution < -0.4 is 11.0 Å². The molecular formula is C22H17N5O3. The van der Waals surface area contributed by atoms with E-state index in [2.05, 4.69) is 21.2 Å². The molecule has 0 radical (unpaired) electrons. The number of hydrogen-bond acceptors (Lipinski definition) is 5. The minimum absolute atomic E-state index is 0.107. The molecule has 0 aliphatic heterocycles. The predicted octanol–water partition coefficient (Wildman–Crippen LogP) is 2.78. The third-order valence-electron chi connectivity index (χ3n) is 4.60. The number of fused-ring (bicyclic) bond motifs is 1. The first-order chi connectivity index (χ1) is 14.5. The first-order valence-corrected chi connectivity index (χ1v) is 9.13. The number of terminal acetylenes is 1. The van der Waals surface area contributed by atoms with Crippen molar-refractivity contribution in [2.45, 2.75) is 13.0 Å². The van der Waals surface area contributed by atoms with E-state index in [1.165, 1.54) is 15.5 Å². The zero-order chi connectivity index (χ0) is 21.1. The Balaban J connectivity index is 1.72. The maximum atomic E-state index is 12.6. The maximum Gasteiger partial charge on any atom is 0.332 e. The van der Waals surface area contributed by atoms with Gasteiger partial charge in [-0.15, -0.1) is 6.42 Å². The van der Waals surface area contributed by atoms with Crippen molar-refractivity contribution in [3.05, 3.63) is 77.2 Å². The van der Waals surface area contributed by atoms with E-state index in [0.29, 0.717) is 17.0 Å². The monoisotopic (exact) mass is 399 g/mol. The molecule has 0 saturated heterocycles. The summed E-state index contributed by atoms with van der Waals surface area (Å²) in [6.07, 6.45) is 9.99. The minimum Gasteiger partial charge on any atom is -0.481 e. The van der Waals surface area contributed by atoms with E-state index in [9.17, 15) is 9.59 Å². The van der Waals surface area contributed by atoms with Gasteiger partial charge in [0.1, 0.15) is 12.1 Å². The van der Waals surface area contributed by atoms with Crippen LogP contribution in [0.15, 0.2) is 66.0 Å². The average Bonchev–Trinajstić information content (AvgIpc) is 3.12. The lowest BCUT2D eigenvalue weighted by Gasteiger charge is -2.10. The molecule has 30 heavy (non-hydrogen) atoms. The Bertz CT molecular complexity index is 1350. The molecule has 0 amide bonds. The van der Waals surface area contributed by atoms with Crippen LogP contribution in [-0.2, 0) is 11.3 Å². The van der Waals surface area contributed by atoms with Crippen LogP contribution in [0.1, 0.15) is 12.0 Å². The van der Waals surface area contributed by atoms with Gasteiger partial charge in [-0.05, 0) is 36.4 Å². The van der Waals surface area contributed by atoms with E-state index >= 15 is 0 Å². The fraction of sp³-hybridized carbons (Fsp3) is 0.0909. The number of aryl methyl sites for hydroxylation is 1. The highest BCUT2D eigenvalue weighted by molar-refractivity contribution is 5.92. The number of nitrogens with zero attached hydrogens (tertiary/aromatic N) is 4. The lowest BCUT2D eigenvalue weighted by molar-refractivity contribution is -0.137. The molecule has 0 aliphatic rings. The highest BCUT2D eigenvalue weighted by Crippen LogP contribution is 2.25. The number of carbonyl (C=O) groups is 1. The third-order valence-corrected chi connectivity index (χ3v) is 4.60. The van der Waals surface area contributed by atoms with E-state index in [1.54, 1.807) is 24.5 Å². The molecule has 0 spiro atoms. The largest absolute Gasteiger partial charge is 0.481 e. The van der Waals surface area contributed by atoms with Crippen molar-refractivity contribution in [3.63, 3.8) is 0 Å². The fourth-order valence-electron chi connectivity index (χ4n) is 3.11. The predicted molar refractivity (Wildman–Crippen MR) is 113 cm³/mol. The lowest BCUT2D eigenvalue weighted by Crippen LogP contribution is -2.23. The van der Waals surface area contributed by atoms with Gasteiger partial charge in [-0.3, -0.25) is 13.9 Å². The number of anilines is 2. The fourth-order valence-corrected chi connectivity index (χ4v) is 3.11. The zero-order valence-electron chi connectivity index (χ0n) is 15.8. The summed E-state index contributed by atoms with van der Waals surface area (Å²) >= 11 is 0. The van der Waals surface area contributed by atoms with Crippen LogP contribution in [0.2, 0.25) is 0 Å². The number of hydrogen-bond donors (Lipinski definition) is 2. The summed E-state index contributed by atoms with van der Waals surface area (Å²) in [4.78, 5) is 32.0. The topological polar surface area (TPSA) is 102 Å². The number of aliphatic carboxylic acids is 1. The van der Waals surface area contributed by atoms with E-state index in [1.807, 2.05) is 30.3 Å². The number of nitrogens with one attached hydrogen (secondary N) is 1. The second kappa shape index (κ2) is 7.93. The van der Waals surface area contributed by atoms with Gasteiger partial charge >= 0.3 is 11.7 Å². The Morgan fingerprint density at radius 1 is 1.17 bits per heavy atom. The van der Waals surface area contributed by atoms with Crippen LogP contribution in [-0.4, -0.2) is 30.2 Å². The molecule has 0 bridgehead atoms. The van der Waals surface area contributed by atoms with Gasteiger partial charge in [0.05, 0.1) is 17.6 Å². The van der Waals surface area contributed by atoms with Crippen molar-refractivity contribution >= 4 is 28.4 Å². The number of benzene rings is 2. The van der Waals surface area contributed by atoms with Gasteiger partial charge in [-0.1, -0.05) is 12.0 Å². The number of carboxylic acids is 1. The van der Waals surface area contributed by atoms with Crippen molar-refractivity contribution < 1.29 is 9.90 Å². The van der Waals surface area contributed by atoms with Crippen LogP contribution in [0, 0.1) is 12.3 Å². The molecule has 2 N–H and O–H groups in total. The summed E-state index contributed by atoms with van der Waals surface area (Å²) in [6, 6.07) is 12.8. The van der Waals surface area contributed by atoms with Gasteiger partial charge in [0.25, 0.3) is 0 Å². The Labute approximate surface area is 171 Å². The second-order valence-electron chi connectivity index (χ2n) is 6.56. The normalized spacial score (nSPS) is 10.6. The number of carboxylic acid groups (broad SMARTS) is 1. The molecule has 2 aromatic heterocycles. The Hall–Kier alpha value is -4.38. The molecule has 0 aliphatic carbocycles. The Morgan fingerprint density at radius 2 is 2.03 bits per heavy atom. The molecule has 0 unspecified atom stereocenters. The first-order valence-electron chi connectivity index (χ1n) is 9.13. The van der Waals surface area contributed by atoms with Crippen LogP contribution >= 0.6 is 0 Å². The quantitative estimate of drug-likeness (QED) is 0.484. The SMILES string of the molecule is C#Cc1cccc(Nc2ncnc3ccc(-n4ccn(CCC(=O)O)c4=O)cc23)c1. The first kappa shape index (κ1) is 19.0. The summed E-state index contributed by atoms with van der Waals surface area (Å²) in [5.74, 6) is 2.22. The lowest BCUT2D eigenvalue weighted by atomic mass is 10.2. The van der Waals surface area contributed by atoms with Crippen LogP contribution in [0.4, 0.5) is 11.5 Å². The summed E-state index contributed by atoms with van der Waals surface area (Å²) in [6.45, 7) is 0.107. The molecule has 8 nitrogen and oxygen atoms in total. The molecule has 4 rings (SSSR count).